The predicted molar refractivity (Wildman–Crippen MR) is 64.5 cm³/mol. The maximum absolute atomic E-state index is 10.6. The zero-order valence-electron chi connectivity index (χ0n) is 9.54. The number of hydrogen-bond donors (Lipinski definition) is 3. The number of β-amino-alcohol motifs (C(OH)–C–C–N with tert-alkyl or cyclic N) is 1. The van der Waals surface area contributed by atoms with E-state index < -0.39 is 12.1 Å². The Labute approximate surface area is 115 Å². The number of benzene rings is 1. The maximum Gasteiger partial charge on any atom is 0.490 e. The van der Waals surface area contributed by atoms with Crippen molar-refractivity contribution >= 4 is 21.9 Å². The molecule has 1 unspecified atom stereocenters. The molecular formula is C11H11BrF3NO3. The fraction of sp³-hybridized carbons (Fsp3) is 0.364. The molecule has 106 valence electrons. The van der Waals surface area contributed by atoms with Crippen LogP contribution in [0.3, 0.4) is 0 Å². The van der Waals surface area contributed by atoms with Crippen LogP contribution in [0.15, 0.2) is 22.7 Å². The van der Waals surface area contributed by atoms with E-state index in [1.165, 1.54) is 5.56 Å². The molecule has 0 fully saturated rings. The molecule has 3 N–H and O–H groups in total. The highest BCUT2D eigenvalue weighted by molar-refractivity contribution is 9.10. The number of aliphatic carboxylic acids is 1. The lowest BCUT2D eigenvalue weighted by atomic mass is 9.99. The highest BCUT2D eigenvalue weighted by Crippen LogP contribution is 2.25. The topological polar surface area (TPSA) is 69.6 Å². The zero-order valence-corrected chi connectivity index (χ0v) is 11.1. The SMILES string of the molecule is O=C(O)C(F)(F)F.OC1CNCc2ccc(Br)cc21. The Hall–Kier alpha value is -1.12. The summed E-state index contributed by atoms with van der Waals surface area (Å²) in [5, 5.41) is 19.9. The first kappa shape index (κ1) is 15.9. The molecule has 0 aromatic heterocycles. The van der Waals surface area contributed by atoms with Crippen molar-refractivity contribution in [2.45, 2.75) is 18.8 Å². The van der Waals surface area contributed by atoms with Gasteiger partial charge in [0.15, 0.2) is 0 Å². The molecule has 1 atom stereocenters. The second-order valence-electron chi connectivity index (χ2n) is 3.79. The van der Waals surface area contributed by atoms with Gasteiger partial charge in [-0.15, -0.1) is 0 Å². The summed E-state index contributed by atoms with van der Waals surface area (Å²) in [6.45, 7) is 1.52. The lowest BCUT2D eigenvalue weighted by molar-refractivity contribution is -0.192. The standard InChI is InChI=1S/C9H10BrNO.C2HF3O2/c10-7-2-1-6-4-11-5-9(12)8(6)3-7;3-2(4,5)1(6)7/h1-3,9,11-12H,4-5H2;(H,6,7). The van der Waals surface area contributed by atoms with Crippen molar-refractivity contribution in [1.82, 2.24) is 5.32 Å². The van der Waals surface area contributed by atoms with Gasteiger partial charge in [-0.3, -0.25) is 0 Å². The summed E-state index contributed by atoms with van der Waals surface area (Å²) in [6.07, 6.45) is -5.44. The van der Waals surface area contributed by atoms with Crippen molar-refractivity contribution in [1.29, 1.82) is 0 Å². The van der Waals surface area contributed by atoms with Crippen LogP contribution < -0.4 is 5.32 Å². The fourth-order valence-corrected chi connectivity index (χ4v) is 1.87. The van der Waals surface area contributed by atoms with Gasteiger partial charge in [0, 0.05) is 17.6 Å². The average Bonchev–Trinajstić information content (AvgIpc) is 2.30. The molecule has 0 aliphatic carbocycles. The largest absolute Gasteiger partial charge is 0.490 e. The molecule has 1 aliphatic heterocycles. The van der Waals surface area contributed by atoms with Gasteiger partial charge in [0.2, 0.25) is 0 Å². The first-order chi connectivity index (χ1) is 8.71. The molecule has 0 saturated carbocycles. The summed E-state index contributed by atoms with van der Waals surface area (Å²) in [5.41, 5.74) is 2.24. The molecule has 1 aliphatic rings. The number of halogens is 4. The van der Waals surface area contributed by atoms with Crippen molar-refractivity contribution in [2.75, 3.05) is 6.54 Å². The summed E-state index contributed by atoms with van der Waals surface area (Å²) in [5.74, 6) is -2.76. The third kappa shape index (κ3) is 4.81. The number of fused-ring (bicyclic) bond motifs is 1. The molecule has 1 aromatic rings. The van der Waals surface area contributed by atoms with Gasteiger partial charge in [0.1, 0.15) is 0 Å². The molecule has 0 bridgehead atoms. The number of rotatable bonds is 0. The Kier molecular flexibility index (Phi) is 5.33. The van der Waals surface area contributed by atoms with Crippen LogP contribution in [0.2, 0.25) is 0 Å². The molecule has 19 heavy (non-hydrogen) atoms. The van der Waals surface area contributed by atoms with E-state index in [-0.39, 0.29) is 6.10 Å². The molecule has 0 spiro atoms. The number of aliphatic hydroxyl groups is 1. The Morgan fingerprint density at radius 2 is 2.00 bits per heavy atom. The van der Waals surface area contributed by atoms with Gasteiger partial charge in [-0.25, -0.2) is 4.79 Å². The number of hydrogen-bond acceptors (Lipinski definition) is 3. The minimum Gasteiger partial charge on any atom is -0.475 e. The van der Waals surface area contributed by atoms with E-state index in [0.29, 0.717) is 6.54 Å². The highest BCUT2D eigenvalue weighted by Gasteiger charge is 2.38. The second-order valence-corrected chi connectivity index (χ2v) is 4.71. The Morgan fingerprint density at radius 1 is 1.42 bits per heavy atom. The maximum atomic E-state index is 10.6. The normalized spacial score (nSPS) is 18.1. The smallest absolute Gasteiger partial charge is 0.475 e. The Morgan fingerprint density at radius 3 is 2.53 bits per heavy atom. The van der Waals surface area contributed by atoms with Crippen molar-refractivity contribution in [2.24, 2.45) is 0 Å². The van der Waals surface area contributed by atoms with E-state index in [0.717, 1.165) is 16.6 Å². The summed E-state index contributed by atoms with van der Waals surface area (Å²) in [4.78, 5) is 8.90. The number of carboxylic acids is 1. The average molecular weight is 342 g/mol. The lowest BCUT2D eigenvalue weighted by Crippen LogP contribution is -2.27. The van der Waals surface area contributed by atoms with Crippen LogP contribution in [0.1, 0.15) is 17.2 Å². The second kappa shape index (κ2) is 6.36. The van der Waals surface area contributed by atoms with Gasteiger partial charge in [-0.05, 0) is 23.3 Å². The molecule has 1 aromatic carbocycles. The molecule has 2 rings (SSSR count). The van der Waals surface area contributed by atoms with Gasteiger partial charge in [0.25, 0.3) is 0 Å². The van der Waals surface area contributed by atoms with Crippen LogP contribution in [0.4, 0.5) is 13.2 Å². The molecule has 4 nitrogen and oxygen atoms in total. The summed E-state index contributed by atoms with van der Waals surface area (Å²) in [7, 11) is 0. The van der Waals surface area contributed by atoms with Gasteiger partial charge < -0.3 is 15.5 Å². The van der Waals surface area contributed by atoms with Crippen LogP contribution in [0.25, 0.3) is 0 Å². The van der Waals surface area contributed by atoms with Crippen molar-refractivity contribution in [3.63, 3.8) is 0 Å². The van der Waals surface area contributed by atoms with Gasteiger partial charge in [-0.2, -0.15) is 13.2 Å². The minimum atomic E-state index is -5.08. The van der Waals surface area contributed by atoms with Crippen molar-refractivity contribution in [3.8, 4) is 0 Å². The first-order valence-electron chi connectivity index (χ1n) is 5.19. The van der Waals surface area contributed by atoms with Crippen LogP contribution in [-0.2, 0) is 11.3 Å². The first-order valence-corrected chi connectivity index (χ1v) is 5.98. The summed E-state index contributed by atoms with van der Waals surface area (Å²) >= 11 is 3.39. The van der Waals surface area contributed by atoms with E-state index in [4.69, 9.17) is 9.90 Å². The zero-order chi connectivity index (χ0) is 14.6. The fourth-order valence-electron chi connectivity index (χ4n) is 1.49. The van der Waals surface area contributed by atoms with E-state index in [9.17, 15) is 18.3 Å². The van der Waals surface area contributed by atoms with Crippen molar-refractivity contribution in [3.05, 3.63) is 33.8 Å². The number of carbonyl (C=O) groups is 1. The van der Waals surface area contributed by atoms with Crippen LogP contribution in [0.5, 0.6) is 0 Å². The third-order valence-corrected chi connectivity index (χ3v) is 2.86. The van der Waals surface area contributed by atoms with Gasteiger partial charge in [0.05, 0.1) is 6.10 Å². The number of nitrogens with one attached hydrogen (secondary N) is 1. The molecule has 0 saturated heterocycles. The molecule has 0 amide bonds. The van der Waals surface area contributed by atoms with E-state index >= 15 is 0 Å². The number of aliphatic hydroxyl groups excluding tert-OH is 1. The van der Waals surface area contributed by atoms with Gasteiger partial charge >= 0.3 is 12.1 Å². The Balaban J connectivity index is 0.000000224. The summed E-state index contributed by atoms with van der Waals surface area (Å²) < 4.78 is 32.8. The number of alkyl halides is 3. The monoisotopic (exact) mass is 341 g/mol. The van der Waals surface area contributed by atoms with E-state index in [2.05, 4.69) is 21.2 Å². The summed E-state index contributed by atoms with van der Waals surface area (Å²) in [6, 6.07) is 6.02. The van der Waals surface area contributed by atoms with Crippen LogP contribution in [0, 0.1) is 0 Å². The van der Waals surface area contributed by atoms with E-state index in [1.54, 1.807) is 0 Å². The molecule has 0 radical (unpaired) electrons. The molecular weight excluding hydrogens is 331 g/mol. The third-order valence-electron chi connectivity index (χ3n) is 2.36. The Bertz CT molecular complexity index is 465. The molecule has 8 heteroatoms. The predicted octanol–water partition coefficient (Wildman–Crippen LogP) is 2.22. The van der Waals surface area contributed by atoms with Gasteiger partial charge in [-0.1, -0.05) is 22.0 Å². The lowest BCUT2D eigenvalue weighted by Gasteiger charge is -2.22. The molecule has 1 heterocycles. The quantitative estimate of drug-likeness (QED) is 0.676. The number of carboxylic acid groups (broad SMARTS) is 1. The van der Waals surface area contributed by atoms with Crippen LogP contribution in [-0.4, -0.2) is 28.9 Å². The van der Waals surface area contributed by atoms with Crippen molar-refractivity contribution < 1.29 is 28.2 Å². The van der Waals surface area contributed by atoms with E-state index in [1.807, 2.05) is 18.2 Å². The van der Waals surface area contributed by atoms with Crippen LogP contribution >= 0.6 is 15.9 Å². The highest BCUT2D eigenvalue weighted by atomic mass is 79.9. The minimum absolute atomic E-state index is 0.355.